The van der Waals surface area contributed by atoms with Gasteiger partial charge in [-0.15, -0.1) is 0 Å². The van der Waals surface area contributed by atoms with Gasteiger partial charge in [-0.05, 0) is 30.3 Å². The van der Waals surface area contributed by atoms with Gasteiger partial charge in [-0.2, -0.15) is 0 Å². The van der Waals surface area contributed by atoms with Crippen LogP contribution < -0.4 is 5.14 Å². The topological polar surface area (TPSA) is 144 Å². The number of nitro groups is 1. The van der Waals surface area contributed by atoms with Crippen LogP contribution >= 0.6 is 0 Å². The molecule has 10 nitrogen and oxygen atoms in total. The van der Waals surface area contributed by atoms with E-state index in [4.69, 9.17) is 5.14 Å². The van der Waals surface area contributed by atoms with Crippen molar-refractivity contribution in [1.29, 1.82) is 0 Å². The molecule has 1 saturated heterocycles. The number of non-ortho nitro benzene ring substituents is 1. The summed E-state index contributed by atoms with van der Waals surface area (Å²) in [6.45, 7) is 1.14. The van der Waals surface area contributed by atoms with Crippen molar-refractivity contribution in [2.45, 2.75) is 4.90 Å². The molecule has 2 amide bonds. The van der Waals surface area contributed by atoms with Gasteiger partial charge in [-0.3, -0.25) is 19.7 Å². The Kier molecular flexibility index (Phi) is 5.62. The Morgan fingerprint density at radius 1 is 0.897 bits per heavy atom. The van der Waals surface area contributed by atoms with Crippen LogP contribution in [0.15, 0.2) is 53.4 Å². The number of primary sulfonamides is 1. The Labute approximate surface area is 166 Å². The maximum absolute atomic E-state index is 12.6. The second kappa shape index (κ2) is 7.97. The van der Waals surface area contributed by atoms with E-state index in [1.807, 2.05) is 0 Å². The number of hydrogen-bond donors (Lipinski definition) is 1. The number of sulfonamides is 1. The molecule has 1 heterocycles. The standard InChI is InChI=1S/C18H18N4O6S/c19-29(27,28)16-6-4-13(5-7-16)17(23)20-8-10-21(11-9-20)18(24)14-2-1-3-15(12-14)22(25)26/h1-7,12H,8-11H2,(H2,19,27,28). The Bertz CT molecular complexity index is 1060. The highest BCUT2D eigenvalue weighted by Crippen LogP contribution is 2.17. The molecule has 1 aliphatic heterocycles. The van der Waals surface area contributed by atoms with Crippen molar-refractivity contribution >= 4 is 27.5 Å². The molecule has 0 radical (unpaired) electrons. The fourth-order valence-electron chi connectivity index (χ4n) is 3.02. The summed E-state index contributed by atoms with van der Waals surface area (Å²) < 4.78 is 22.6. The Balaban J connectivity index is 1.64. The van der Waals surface area contributed by atoms with E-state index in [0.29, 0.717) is 5.56 Å². The van der Waals surface area contributed by atoms with E-state index in [9.17, 15) is 28.1 Å². The quantitative estimate of drug-likeness (QED) is 0.575. The highest BCUT2D eigenvalue weighted by Gasteiger charge is 2.26. The third-order valence-corrected chi connectivity index (χ3v) is 5.52. The van der Waals surface area contributed by atoms with Crippen LogP contribution in [-0.2, 0) is 10.0 Å². The van der Waals surface area contributed by atoms with Gasteiger partial charge in [0.1, 0.15) is 0 Å². The molecule has 3 rings (SSSR count). The van der Waals surface area contributed by atoms with Crippen molar-refractivity contribution in [2.24, 2.45) is 5.14 Å². The van der Waals surface area contributed by atoms with Crippen LogP contribution in [0, 0.1) is 10.1 Å². The number of carbonyl (C=O) groups is 2. The Morgan fingerprint density at radius 3 is 1.90 bits per heavy atom. The van der Waals surface area contributed by atoms with E-state index < -0.39 is 14.9 Å². The maximum Gasteiger partial charge on any atom is 0.270 e. The first kappa shape index (κ1) is 20.4. The normalized spacial score (nSPS) is 14.5. The number of amides is 2. The molecular formula is C18H18N4O6S. The molecule has 0 aliphatic carbocycles. The average molecular weight is 418 g/mol. The second-order valence-corrected chi connectivity index (χ2v) is 8.02. The lowest BCUT2D eigenvalue weighted by atomic mass is 10.1. The number of nitrogens with zero attached hydrogens (tertiary/aromatic N) is 3. The zero-order valence-corrected chi connectivity index (χ0v) is 16.0. The van der Waals surface area contributed by atoms with Crippen molar-refractivity contribution < 1.29 is 22.9 Å². The summed E-state index contributed by atoms with van der Waals surface area (Å²) in [4.78, 5) is 38.5. The predicted octanol–water partition coefficient (Wildman–Crippen LogP) is 0.840. The summed E-state index contributed by atoms with van der Waals surface area (Å²) in [5.41, 5.74) is 0.376. The third kappa shape index (κ3) is 4.58. The minimum Gasteiger partial charge on any atom is -0.335 e. The van der Waals surface area contributed by atoms with Gasteiger partial charge in [0.2, 0.25) is 10.0 Å². The zero-order chi connectivity index (χ0) is 21.2. The molecule has 0 unspecified atom stereocenters. The van der Waals surface area contributed by atoms with Gasteiger partial charge in [0.25, 0.3) is 17.5 Å². The molecule has 0 saturated carbocycles. The molecular weight excluding hydrogens is 400 g/mol. The first-order chi connectivity index (χ1) is 13.7. The minimum absolute atomic E-state index is 0.0820. The molecule has 0 atom stereocenters. The molecule has 29 heavy (non-hydrogen) atoms. The number of piperazine rings is 1. The van der Waals surface area contributed by atoms with E-state index in [2.05, 4.69) is 0 Å². The lowest BCUT2D eigenvalue weighted by Gasteiger charge is -2.34. The number of nitro benzene ring substituents is 1. The fourth-order valence-corrected chi connectivity index (χ4v) is 3.53. The van der Waals surface area contributed by atoms with Crippen molar-refractivity contribution in [3.05, 3.63) is 69.8 Å². The maximum atomic E-state index is 12.6. The summed E-state index contributed by atoms with van der Waals surface area (Å²) in [6.07, 6.45) is 0. The number of nitrogens with two attached hydrogens (primary N) is 1. The van der Waals surface area contributed by atoms with Crippen LogP contribution in [-0.4, -0.2) is 61.1 Å². The van der Waals surface area contributed by atoms with Crippen molar-refractivity contribution in [3.63, 3.8) is 0 Å². The molecule has 152 valence electrons. The number of hydrogen-bond acceptors (Lipinski definition) is 6. The summed E-state index contributed by atoms with van der Waals surface area (Å²) in [7, 11) is -3.83. The third-order valence-electron chi connectivity index (χ3n) is 4.59. The number of carbonyl (C=O) groups excluding carboxylic acids is 2. The van der Waals surface area contributed by atoms with E-state index in [1.165, 1.54) is 53.4 Å². The molecule has 11 heteroatoms. The average Bonchev–Trinajstić information content (AvgIpc) is 2.72. The van der Waals surface area contributed by atoms with Crippen molar-refractivity contribution in [2.75, 3.05) is 26.2 Å². The van der Waals surface area contributed by atoms with Gasteiger partial charge in [0, 0.05) is 49.4 Å². The van der Waals surface area contributed by atoms with E-state index in [0.717, 1.165) is 0 Å². The van der Waals surface area contributed by atoms with Crippen molar-refractivity contribution in [1.82, 2.24) is 9.80 Å². The molecule has 0 bridgehead atoms. The van der Waals surface area contributed by atoms with Gasteiger partial charge in [0.15, 0.2) is 0 Å². The smallest absolute Gasteiger partial charge is 0.270 e. The van der Waals surface area contributed by atoms with E-state index in [-0.39, 0.29) is 54.1 Å². The van der Waals surface area contributed by atoms with Crippen LogP contribution in [0.2, 0.25) is 0 Å². The van der Waals surface area contributed by atoms with Gasteiger partial charge < -0.3 is 9.80 Å². The monoisotopic (exact) mass is 418 g/mol. The summed E-state index contributed by atoms with van der Waals surface area (Å²) in [5, 5.41) is 15.9. The van der Waals surface area contributed by atoms with Crippen molar-refractivity contribution in [3.8, 4) is 0 Å². The summed E-state index contributed by atoms with van der Waals surface area (Å²) in [6, 6.07) is 10.8. The summed E-state index contributed by atoms with van der Waals surface area (Å²) >= 11 is 0. The van der Waals surface area contributed by atoms with Gasteiger partial charge in [-0.1, -0.05) is 6.07 Å². The van der Waals surface area contributed by atoms with Gasteiger partial charge >= 0.3 is 0 Å². The number of benzene rings is 2. The molecule has 0 aromatic heterocycles. The van der Waals surface area contributed by atoms with E-state index in [1.54, 1.807) is 4.90 Å². The van der Waals surface area contributed by atoms with Gasteiger partial charge in [-0.25, -0.2) is 13.6 Å². The lowest BCUT2D eigenvalue weighted by molar-refractivity contribution is -0.384. The van der Waals surface area contributed by atoms with Crippen LogP contribution in [0.3, 0.4) is 0 Å². The first-order valence-corrected chi connectivity index (χ1v) is 10.2. The van der Waals surface area contributed by atoms with Crippen LogP contribution in [0.5, 0.6) is 0 Å². The van der Waals surface area contributed by atoms with Crippen LogP contribution in [0.25, 0.3) is 0 Å². The lowest BCUT2D eigenvalue weighted by Crippen LogP contribution is -2.50. The SMILES string of the molecule is NS(=O)(=O)c1ccc(C(=O)N2CCN(C(=O)c3cccc([N+](=O)[O-])c3)CC2)cc1. The molecule has 1 aliphatic rings. The van der Waals surface area contributed by atoms with Crippen LogP contribution in [0.4, 0.5) is 5.69 Å². The Hall–Kier alpha value is -3.31. The first-order valence-electron chi connectivity index (χ1n) is 8.63. The predicted molar refractivity (Wildman–Crippen MR) is 103 cm³/mol. The summed E-state index contributed by atoms with van der Waals surface area (Å²) in [5.74, 6) is -0.619. The largest absolute Gasteiger partial charge is 0.335 e. The molecule has 0 spiro atoms. The van der Waals surface area contributed by atoms with Gasteiger partial charge in [0.05, 0.1) is 9.82 Å². The Morgan fingerprint density at radius 2 is 1.41 bits per heavy atom. The molecule has 2 N–H and O–H groups in total. The van der Waals surface area contributed by atoms with Crippen LogP contribution in [0.1, 0.15) is 20.7 Å². The highest BCUT2D eigenvalue weighted by molar-refractivity contribution is 7.89. The zero-order valence-electron chi connectivity index (χ0n) is 15.2. The second-order valence-electron chi connectivity index (χ2n) is 6.46. The minimum atomic E-state index is -3.83. The molecule has 2 aromatic rings. The number of rotatable bonds is 4. The highest BCUT2D eigenvalue weighted by atomic mass is 32.2. The van der Waals surface area contributed by atoms with E-state index >= 15 is 0 Å². The molecule has 2 aromatic carbocycles. The molecule has 1 fully saturated rings. The fraction of sp³-hybridized carbons (Fsp3) is 0.222.